The molecular formula is C24H31NO5. The molecule has 0 aliphatic carbocycles. The summed E-state index contributed by atoms with van der Waals surface area (Å²) in [5.41, 5.74) is 1.42. The number of fused-ring (bicyclic) bond motifs is 1. The standard InChI is InChI=1S/C24H31NO5/c1-24(2,3)30-23(27)25-12-11-21(26)18-8-6-9-20(14-18)28-15-17-13-19-7-4-5-10-22(19)29-16-17/h4-10,14,17,21,26H,11-13,15-16H2,1-3H3,(H,25,27)/t17?,21-/m1/s1. The lowest BCUT2D eigenvalue weighted by Crippen LogP contribution is -2.33. The van der Waals surface area contributed by atoms with Crippen molar-refractivity contribution in [1.29, 1.82) is 0 Å². The summed E-state index contributed by atoms with van der Waals surface area (Å²) in [4.78, 5) is 11.7. The second-order valence-electron chi connectivity index (χ2n) is 8.61. The molecule has 2 N–H and O–H groups in total. The van der Waals surface area contributed by atoms with Crippen LogP contribution in [0, 0.1) is 5.92 Å². The molecule has 2 aromatic carbocycles. The zero-order chi connectivity index (χ0) is 21.6. The van der Waals surface area contributed by atoms with Crippen molar-refractivity contribution in [3.8, 4) is 11.5 Å². The van der Waals surface area contributed by atoms with Gasteiger partial charge in [-0.3, -0.25) is 0 Å². The number of hydrogen-bond acceptors (Lipinski definition) is 5. The van der Waals surface area contributed by atoms with Crippen molar-refractivity contribution in [2.24, 2.45) is 5.92 Å². The van der Waals surface area contributed by atoms with E-state index < -0.39 is 17.8 Å². The molecule has 30 heavy (non-hydrogen) atoms. The summed E-state index contributed by atoms with van der Waals surface area (Å²) in [6.07, 6.45) is 0.126. The Hall–Kier alpha value is -2.73. The summed E-state index contributed by atoms with van der Waals surface area (Å²) >= 11 is 0. The Morgan fingerprint density at radius 3 is 2.83 bits per heavy atom. The van der Waals surface area contributed by atoms with Crippen molar-refractivity contribution in [2.75, 3.05) is 19.8 Å². The molecule has 1 heterocycles. The van der Waals surface area contributed by atoms with Gasteiger partial charge in [0.1, 0.15) is 17.1 Å². The molecule has 162 valence electrons. The highest BCUT2D eigenvalue weighted by Gasteiger charge is 2.20. The van der Waals surface area contributed by atoms with Gasteiger partial charge in [-0.2, -0.15) is 0 Å². The number of aliphatic hydroxyl groups is 1. The Labute approximate surface area is 178 Å². The van der Waals surface area contributed by atoms with Crippen LogP contribution in [0.3, 0.4) is 0 Å². The van der Waals surface area contributed by atoms with Crippen molar-refractivity contribution in [2.45, 2.75) is 45.3 Å². The van der Waals surface area contributed by atoms with Gasteiger partial charge in [0.05, 0.1) is 19.3 Å². The quantitative estimate of drug-likeness (QED) is 0.709. The summed E-state index contributed by atoms with van der Waals surface area (Å²) in [5.74, 6) is 1.95. The number of para-hydroxylation sites is 1. The van der Waals surface area contributed by atoms with Crippen LogP contribution in [0.2, 0.25) is 0 Å². The van der Waals surface area contributed by atoms with Crippen LogP contribution in [0.25, 0.3) is 0 Å². The molecule has 3 rings (SSSR count). The fourth-order valence-corrected chi connectivity index (χ4v) is 3.32. The van der Waals surface area contributed by atoms with E-state index in [9.17, 15) is 9.90 Å². The number of alkyl carbamates (subject to hydrolysis) is 1. The maximum atomic E-state index is 11.7. The van der Waals surface area contributed by atoms with Gasteiger partial charge in [-0.1, -0.05) is 30.3 Å². The lowest BCUT2D eigenvalue weighted by Gasteiger charge is -2.25. The number of benzene rings is 2. The van der Waals surface area contributed by atoms with Crippen LogP contribution < -0.4 is 14.8 Å². The number of ether oxygens (including phenoxy) is 3. The van der Waals surface area contributed by atoms with E-state index in [0.29, 0.717) is 31.9 Å². The zero-order valence-corrected chi connectivity index (χ0v) is 17.9. The van der Waals surface area contributed by atoms with E-state index in [4.69, 9.17) is 14.2 Å². The van der Waals surface area contributed by atoms with Crippen LogP contribution in [-0.2, 0) is 11.2 Å². The molecule has 0 aromatic heterocycles. The minimum absolute atomic E-state index is 0.284. The number of carbonyl (C=O) groups excluding carboxylic acids is 1. The number of carbonyl (C=O) groups is 1. The Kier molecular flexibility index (Phi) is 7.21. The summed E-state index contributed by atoms with van der Waals surface area (Å²) < 4.78 is 17.0. The fourth-order valence-electron chi connectivity index (χ4n) is 3.32. The van der Waals surface area contributed by atoms with Crippen LogP contribution in [-0.4, -0.2) is 36.6 Å². The largest absolute Gasteiger partial charge is 0.493 e. The van der Waals surface area contributed by atoms with Gasteiger partial charge >= 0.3 is 6.09 Å². The third-order valence-electron chi connectivity index (χ3n) is 4.77. The smallest absolute Gasteiger partial charge is 0.407 e. The highest BCUT2D eigenvalue weighted by Crippen LogP contribution is 2.28. The van der Waals surface area contributed by atoms with Gasteiger partial charge in [0, 0.05) is 12.5 Å². The minimum atomic E-state index is -0.701. The third-order valence-corrected chi connectivity index (χ3v) is 4.77. The molecule has 0 fully saturated rings. The van der Waals surface area contributed by atoms with Crippen LogP contribution in [0.15, 0.2) is 48.5 Å². The summed E-state index contributed by atoms with van der Waals surface area (Å²) in [6, 6.07) is 15.5. The van der Waals surface area contributed by atoms with Gasteiger partial charge in [-0.25, -0.2) is 4.79 Å². The number of rotatable bonds is 7. The molecule has 0 saturated heterocycles. The molecule has 0 spiro atoms. The van der Waals surface area contributed by atoms with E-state index in [1.807, 2.05) is 63.2 Å². The molecule has 1 amide bonds. The van der Waals surface area contributed by atoms with Crippen molar-refractivity contribution in [1.82, 2.24) is 5.32 Å². The Morgan fingerprint density at radius 2 is 2.03 bits per heavy atom. The first-order valence-electron chi connectivity index (χ1n) is 10.4. The first-order valence-corrected chi connectivity index (χ1v) is 10.4. The maximum Gasteiger partial charge on any atom is 0.407 e. The highest BCUT2D eigenvalue weighted by atomic mass is 16.6. The van der Waals surface area contributed by atoms with E-state index in [1.165, 1.54) is 5.56 Å². The van der Waals surface area contributed by atoms with Crippen LogP contribution >= 0.6 is 0 Å². The predicted octanol–water partition coefficient (Wildman–Crippen LogP) is 4.26. The molecule has 6 heteroatoms. The number of nitrogens with one attached hydrogen (secondary N) is 1. The normalized spacial score (nSPS) is 16.7. The topological polar surface area (TPSA) is 77.0 Å². The van der Waals surface area contributed by atoms with Gasteiger partial charge in [0.15, 0.2) is 0 Å². The summed E-state index contributed by atoms with van der Waals surface area (Å²) in [6.45, 7) is 6.94. The van der Waals surface area contributed by atoms with E-state index in [0.717, 1.165) is 17.7 Å². The lowest BCUT2D eigenvalue weighted by molar-refractivity contribution is 0.0518. The number of hydrogen-bond donors (Lipinski definition) is 2. The van der Waals surface area contributed by atoms with Gasteiger partial charge in [-0.05, 0) is 62.9 Å². The Morgan fingerprint density at radius 1 is 1.23 bits per heavy atom. The average Bonchev–Trinajstić information content (AvgIpc) is 2.71. The molecule has 0 radical (unpaired) electrons. The molecular weight excluding hydrogens is 382 g/mol. The van der Waals surface area contributed by atoms with E-state index >= 15 is 0 Å². The van der Waals surface area contributed by atoms with Crippen molar-refractivity contribution < 1.29 is 24.1 Å². The average molecular weight is 414 g/mol. The highest BCUT2D eigenvalue weighted by molar-refractivity contribution is 5.67. The van der Waals surface area contributed by atoms with Gasteiger partial charge in [0.2, 0.25) is 0 Å². The molecule has 1 aliphatic rings. The minimum Gasteiger partial charge on any atom is -0.493 e. The van der Waals surface area contributed by atoms with Crippen LogP contribution in [0.5, 0.6) is 11.5 Å². The Balaban J connectivity index is 1.46. The monoisotopic (exact) mass is 413 g/mol. The van der Waals surface area contributed by atoms with E-state index in [2.05, 4.69) is 11.4 Å². The number of aliphatic hydroxyl groups excluding tert-OH is 1. The SMILES string of the molecule is CC(C)(C)OC(=O)NCC[C@@H](O)c1cccc(OCC2COc3ccccc3C2)c1. The molecule has 2 atom stereocenters. The molecule has 0 saturated carbocycles. The third kappa shape index (κ3) is 6.66. The molecule has 6 nitrogen and oxygen atoms in total. The van der Waals surface area contributed by atoms with Gasteiger partial charge in [-0.15, -0.1) is 0 Å². The number of amides is 1. The first kappa shape index (κ1) is 22.0. The first-order chi connectivity index (χ1) is 14.3. The summed E-state index contributed by atoms with van der Waals surface area (Å²) in [5, 5.41) is 13.1. The van der Waals surface area contributed by atoms with Crippen molar-refractivity contribution in [3.63, 3.8) is 0 Å². The van der Waals surface area contributed by atoms with Crippen molar-refractivity contribution >= 4 is 6.09 Å². The molecule has 1 aliphatic heterocycles. The summed E-state index contributed by atoms with van der Waals surface area (Å²) in [7, 11) is 0. The second-order valence-corrected chi connectivity index (χ2v) is 8.61. The second kappa shape index (κ2) is 9.85. The molecule has 2 aromatic rings. The van der Waals surface area contributed by atoms with Gasteiger partial charge in [0.25, 0.3) is 0 Å². The van der Waals surface area contributed by atoms with Crippen LogP contribution in [0.4, 0.5) is 4.79 Å². The Bertz CT molecular complexity index is 845. The van der Waals surface area contributed by atoms with E-state index in [-0.39, 0.29) is 5.92 Å². The van der Waals surface area contributed by atoms with E-state index in [1.54, 1.807) is 0 Å². The zero-order valence-electron chi connectivity index (χ0n) is 17.9. The maximum absolute atomic E-state index is 11.7. The van der Waals surface area contributed by atoms with Gasteiger partial charge < -0.3 is 24.6 Å². The van der Waals surface area contributed by atoms with Crippen molar-refractivity contribution in [3.05, 3.63) is 59.7 Å². The molecule has 0 bridgehead atoms. The van der Waals surface area contributed by atoms with Crippen LogP contribution in [0.1, 0.15) is 44.4 Å². The fraction of sp³-hybridized carbons (Fsp3) is 0.458. The molecule has 1 unspecified atom stereocenters. The lowest BCUT2D eigenvalue weighted by atomic mass is 9.97. The predicted molar refractivity (Wildman–Crippen MR) is 115 cm³/mol.